The van der Waals surface area contributed by atoms with Crippen LogP contribution < -0.4 is 5.32 Å². The minimum absolute atomic E-state index is 0.0484. The number of carbonyl (C=O) groups excluding carboxylic acids is 2. The fraction of sp³-hybridized carbons (Fsp3) is 0.842. The van der Waals surface area contributed by atoms with E-state index in [1.54, 1.807) is 4.90 Å². The lowest BCUT2D eigenvalue weighted by Crippen LogP contribution is -2.58. The fourth-order valence-corrected chi connectivity index (χ4v) is 4.74. The monoisotopic (exact) mass is 365 g/mol. The zero-order chi connectivity index (χ0) is 18.7. The van der Waals surface area contributed by atoms with Crippen LogP contribution in [0.15, 0.2) is 0 Å². The summed E-state index contributed by atoms with van der Waals surface area (Å²) in [6, 6.07) is 0.0484. The maximum atomic E-state index is 12.9. The molecule has 0 radical (unpaired) electrons. The number of carbonyl (C=O) groups is 3. The minimum Gasteiger partial charge on any atom is -0.481 e. The number of carboxylic acid groups (broad SMARTS) is 1. The van der Waals surface area contributed by atoms with E-state index in [0.717, 1.165) is 51.6 Å². The fourth-order valence-electron chi connectivity index (χ4n) is 4.74. The topological polar surface area (TPSA) is 90.0 Å². The quantitative estimate of drug-likeness (QED) is 0.801. The van der Waals surface area contributed by atoms with Gasteiger partial charge in [-0.3, -0.25) is 9.59 Å². The number of hydrogen-bond donors (Lipinski definition) is 2. The van der Waals surface area contributed by atoms with Gasteiger partial charge in [-0.15, -0.1) is 0 Å². The van der Waals surface area contributed by atoms with Crippen molar-refractivity contribution in [1.82, 2.24) is 15.1 Å². The van der Waals surface area contributed by atoms with E-state index in [1.165, 1.54) is 0 Å². The molecule has 26 heavy (non-hydrogen) atoms. The highest BCUT2D eigenvalue weighted by Gasteiger charge is 2.43. The highest BCUT2D eigenvalue weighted by atomic mass is 16.4. The Morgan fingerprint density at radius 3 is 2.35 bits per heavy atom. The minimum atomic E-state index is -0.831. The molecule has 3 fully saturated rings. The van der Waals surface area contributed by atoms with Crippen LogP contribution in [0.5, 0.6) is 0 Å². The van der Waals surface area contributed by atoms with Crippen LogP contribution in [-0.4, -0.2) is 64.5 Å². The first-order valence-electron chi connectivity index (χ1n) is 9.99. The Labute approximate surface area is 155 Å². The Kier molecular flexibility index (Phi) is 5.73. The van der Waals surface area contributed by atoms with Crippen molar-refractivity contribution in [2.75, 3.05) is 26.2 Å². The number of rotatable bonds is 3. The summed E-state index contributed by atoms with van der Waals surface area (Å²) < 4.78 is 0. The smallest absolute Gasteiger partial charge is 0.320 e. The zero-order valence-corrected chi connectivity index (χ0v) is 15.7. The molecular weight excluding hydrogens is 334 g/mol. The summed E-state index contributed by atoms with van der Waals surface area (Å²) in [5, 5.41) is 12.6. The van der Waals surface area contributed by atoms with Gasteiger partial charge in [0.05, 0.1) is 17.4 Å². The average Bonchev–Trinajstić information content (AvgIpc) is 3.15. The Bertz CT molecular complexity index is 561. The normalized spacial score (nSPS) is 32.3. The van der Waals surface area contributed by atoms with Crippen LogP contribution in [0.4, 0.5) is 4.79 Å². The van der Waals surface area contributed by atoms with Crippen molar-refractivity contribution in [1.29, 1.82) is 0 Å². The maximum absolute atomic E-state index is 12.9. The molecule has 2 saturated heterocycles. The molecule has 2 N–H and O–H groups in total. The highest BCUT2D eigenvalue weighted by molar-refractivity contribution is 5.82. The third kappa shape index (κ3) is 3.96. The molecule has 7 nitrogen and oxygen atoms in total. The van der Waals surface area contributed by atoms with E-state index in [1.807, 2.05) is 11.8 Å². The number of nitrogens with one attached hydrogen (secondary N) is 1. The SMILES string of the molecule is CC1(NC(=O)C2CCCN(C(=O)N3CCCC3)C2)CCCCC1C(=O)O. The number of nitrogens with zero attached hydrogens (tertiary/aromatic N) is 2. The highest BCUT2D eigenvalue weighted by Crippen LogP contribution is 2.34. The van der Waals surface area contributed by atoms with Crippen LogP contribution in [0.2, 0.25) is 0 Å². The van der Waals surface area contributed by atoms with Gasteiger partial charge in [0.2, 0.25) is 5.91 Å². The van der Waals surface area contributed by atoms with Gasteiger partial charge in [-0.25, -0.2) is 4.79 Å². The van der Waals surface area contributed by atoms with E-state index in [9.17, 15) is 19.5 Å². The van der Waals surface area contributed by atoms with E-state index in [2.05, 4.69) is 5.32 Å². The zero-order valence-electron chi connectivity index (χ0n) is 15.7. The standard InChI is InChI=1S/C19H31N3O4/c1-19(9-3-2-8-15(19)17(24)25)20-16(23)14-7-6-12-22(13-14)18(26)21-10-4-5-11-21/h14-15H,2-13H2,1H3,(H,20,23)(H,24,25). The lowest BCUT2D eigenvalue weighted by molar-refractivity contribution is -0.147. The second kappa shape index (κ2) is 7.84. The van der Waals surface area contributed by atoms with E-state index >= 15 is 0 Å². The summed E-state index contributed by atoms with van der Waals surface area (Å²) in [5.74, 6) is -1.71. The molecule has 146 valence electrons. The summed E-state index contributed by atoms with van der Waals surface area (Å²) in [6.45, 7) is 4.62. The predicted octanol–water partition coefficient (Wildman–Crippen LogP) is 2.06. The van der Waals surface area contributed by atoms with Crippen LogP contribution in [0.1, 0.15) is 58.3 Å². The Balaban J connectivity index is 1.61. The molecule has 3 amide bonds. The molecule has 3 atom stereocenters. The molecule has 0 spiro atoms. The average molecular weight is 365 g/mol. The Hall–Kier alpha value is -1.79. The van der Waals surface area contributed by atoms with Gasteiger partial charge in [-0.05, 0) is 45.4 Å². The first-order chi connectivity index (χ1) is 12.4. The number of carboxylic acids is 1. The molecule has 1 saturated carbocycles. The molecule has 0 aromatic heterocycles. The first-order valence-corrected chi connectivity index (χ1v) is 9.99. The summed E-state index contributed by atoms with van der Waals surface area (Å²) >= 11 is 0. The molecule has 2 heterocycles. The van der Waals surface area contributed by atoms with Gasteiger partial charge < -0.3 is 20.2 Å². The molecule has 3 unspecified atom stereocenters. The maximum Gasteiger partial charge on any atom is 0.320 e. The van der Waals surface area contributed by atoms with E-state index in [-0.39, 0.29) is 17.9 Å². The largest absolute Gasteiger partial charge is 0.481 e. The van der Waals surface area contributed by atoms with Gasteiger partial charge in [0.1, 0.15) is 0 Å². The Morgan fingerprint density at radius 2 is 1.65 bits per heavy atom. The molecule has 3 aliphatic rings. The van der Waals surface area contributed by atoms with E-state index < -0.39 is 17.4 Å². The van der Waals surface area contributed by atoms with Crippen molar-refractivity contribution in [2.24, 2.45) is 11.8 Å². The van der Waals surface area contributed by atoms with Crippen LogP contribution in [0.25, 0.3) is 0 Å². The van der Waals surface area contributed by atoms with Gasteiger partial charge in [-0.1, -0.05) is 12.8 Å². The van der Waals surface area contributed by atoms with Crippen LogP contribution in [0, 0.1) is 11.8 Å². The van der Waals surface area contributed by atoms with Crippen molar-refractivity contribution in [3.8, 4) is 0 Å². The summed E-state index contributed by atoms with van der Waals surface area (Å²) in [6.07, 6.45) is 6.81. The second-order valence-corrected chi connectivity index (χ2v) is 8.31. The molecule has 0 bridgehead atoms. The molecule has 3 rings (SSSR count). The Morgan fingerprint density at radius 1 is 0.962 bits per heavy atom. The van der Waals surface area contributed by atoms with Gasteiger partial charge in [-0.2, -0.15) is 0 Å². The third-order valence-electron chi connectivity index (χ3n) is 6.35. The van der Waals surface area contributed by atoms with Gasteiger partial charge >= 0.3 is 12.0 Å². The predicted molar refractivity (Wildman–Crippen MR) is 96.6 cm³/mol. The number of piperidine rings is 1. The number of likely N-dealkylation sites (tertiary alicyclic amines) is 2. The molecule has 0 aromatic rings. The first kappa shape index (κ1) is 19.0. The number of urea groups is 1. The van der Waals surface area contributed by atoms with Crippen molar-refractivity contribution in [2.45, 2.75) is 63.8 Å². The van der Waals surface area contributed by atoms with Crippen molar-refractivity contribution in [3.63, 3.8) is 0 Å². The third-order valence-corrected chi connectivity index (χ3v) is 6.35. The van der Waals surface area contributed by atoms with Gasteiger partial charge in [0.25, 0.3) is 0 Å². The summed E-state index contributed by atoms with van der Waals surface area (Å²) in [4.78, 5) is 40.8. The van der Waals surface area contributed by atoms with Crippen molar-refractivity contribution < 1.29 is 19.5 Å². The van der Waals surface area contributed by atoms with Crippen LogP contribution >= 0.6 is 0 Å². The summed E-state index contributed by atoms with van der Waals surface area (Å²) in [7, 11) is 0. The van der Waals surface area contributed by atoms with Gasteiger partial charge in [0.15, 0.2) is 0 Å². The molecular formula is C19H31N3O4. The molecule has 7 heteroatoms. The molecule has 1 aliphatic carbocycles. The van der Waals surface area contributed by atoms with E-state index in [4.69, 9.17) is 0 Å². The van der Waals surface area contributed by atoms with Crippen LogP contribution in [-0.2, 0) is 9.59 Å². The van der Waals surface area contributed by atoms with Crippen LogP contribution in [0.3, 0.4) is 0 Å². The van der Waals surface area contributed by atoms with Gasteiger partial charge in [0, 0.05) is 26.2 Å². The molecule has 2 aliphatic heterocycles. The number of aliphatic carboxylic acids is 1. The molecule has 0 aromatic carbocycles. The second-order valence-electron chi connectivity index (χ2n) is 8.31. The van der Waals surface area contributed by atoms with Crippen molar-refractivity contribution in [3.05, 3.63) is 0 Å². The number of hydrogen-bond acceptors (Lipinski definition) is 3. The van der Waals surface area contributed by atoms with Crippen molar-refractivity contribution >= 4 is 17.9 Å². The van der Waals surface area contributed by atoms with E-state index in [0.29, 0.717) is 25.9 Å². The number of amides is 3. The summed E-state index contributed by atoms with van der Waals surface area (Å²) in [5.41, 5.74) is -0.692. The lowest BCUT2D eigenvalue weighted by atomic mass is 9.73. The lowest BCUT2D eigenvalue weighted by Gasteiger charge is -2.42.